The van der Waals surface area contributed by atoms with Gasteiger partial charge in [0, 0.05) is 10.4 Å². The molecule has 0 fully saturated rings. The number of aryl methyl sites for hydroxylation is 1. The SMILES string of the molecule is Cc1ccc(N=C(N)C(C)(C)C)cc1Cl. The Kier molecular flexibility index (Phi) is 3.40. The van der Waals surface area contributed by atoms with Gasteiger partial charge in [-0.2, -0.15) is 0 Å². The van der Waals surface area contributed by atoms with Crippen LogP contribution in [0, 0.1) is 12.3 Å². The molecular weight excluding hydrogens is 208 g/mol. The highest BCUT2D eigenvalue weighted by Gasteiger charge is 2.15. The van der Waals surface area contributed by atoms with Crippen LogP contribution in [0.15, 0.2) is 23.2 Å². The summed E-state index contributed by atoms with van der Waals surface area (Å²) in [6.07, 6.45) is 0. The number of aliphatic imine (C=N–C) groups is 1. The van der Waals surface area contributed by atoms with Crippen molar-refractivity contribution in [3.63, 3.8) is 0 Å². The molecule has 2 nitrogen and oxygen atoms in total. The van der Waals surface area contributed by atoms with E-state index in [1.54, 1.807) is 0 Å². The fourth-order valence-corrected chi connectivity index (χ4v) is 1.13. The number of benzene rings is 1. The molecule has 0 radical (unpaired) electrons. The second kappa shape index (κ2) is 4.23. The van der Waals surface area contributed by atoms with E-state index in [1.165, 1.54) is 0 Å². The minimum absolute atomic E-state index is 0.114. The second-order valence-corrected chi connectivity index (χ2v) is 5.09. The smallest absolute Gasteiger partial charge is 0.105 e. The number of hydrogen-bond acceptors (Lipinski definition) is 1. The van der Waals surface area contributed by atoms with Crippen molar-refractivity contribution in [1.29, 1.82) is 0 Å². The summed E-state index contributed by atoms with van der Waals surface area (Å²) in [5.41, 5.74) is 7.61. The summed E-state index contributed by atoms with van der Waals surface area (Å²) in [6.45, 7) is 8.05. The number of nitrogens with zero attached hydrogens (tertiary/aromatic N) is 1. The summed E-state index contributed by atoms with van der Waals surface area (Å²) in [5, 5.41) is 0.720. The summed E-state index contributed by atoms with van der Waals surface area (Å²) in [6, 6.07) is 5.69. The van der Waals surface area contributed by atoms with E-state index in [0.717, 1.165) is 16.3 Å². The van der Waals surface area contributed by atoms with Crippen molar-refractivity contribution < 1.29 is 0 Å². The minimum Gasteiger partial charge on any atom is -0.387 e. The largest absolute Gasteiger partial charge is 0.387 e. The first-order chi connectivity index (χ1) is 6.80. The zero-order chi connectivity index (χ0) is 11.6. The molecule has 82 valence electrons. The fourth-order valence-electron chi connectivity index (χ4n) is 0.958. The first kappa shape index (κ1) is 12.1. The molecule has 2 N–H and O–H groups in total. The van der Waals surface area contributed by atoms with E-state index in [0.29, 0.717) is 5.84 Å². The van der Waals surface area contributed by atoms with E-state index in [-0.39, 0.29) is 5.41 Å². The van der Waals surface area contributed by atoms with Gasteiger partial charge in [0.25, 0.3) is 0 Å². The minimum atomic E-state index is -0.114. The fraction of sp³-hybridized carbons (Fsp3) is 0.417. The maximum atomic E-state index is 6.00. The molecule has 0 spiro atoms. The number of rotatable bonds is 1. The third-order valence-electron chi connectivity index (χ3n) is 2.17. The monoisotopic (exact) mass is 224 g/mol. The van der Waals surface area contributed by atoms with Gasteiger partial charge in [-0.3, -0.25) is 0 Å². The van der Waals surface area contributed by atoms with Gasteiger partial charge in [0.05, 0.1) is 5.69 Å². The third kappa shape index (κ3) is 3.24. The standard InChI is InChI=1S/C12H17ClN2/c1-8-5-6-9(7-10(8)13)15-11(14)12(2,3)4/h5-7H,1-4H3,(H2,14,15). The Balaban J connectivity index is 3.04. The predicted octanol–water partition coefficient (Wildman–Crippen LogP) is 3.68. The van der Waals surface area contributed by atoms with E-state index in [2.05, 4.69) is 4.99 Å². The third-order valence-corrected chi connectivity index (χ3v) is 2.58. The van der Waals surface area contributed by atoms with Gasteiger partial charge < -0.3 is 5.73 Å². The Labute approximate surface area is 96.2 Å². The zero-order valence-corrected chi connectivity index (χ0v) is 10.4. The van der Waals surface area contributed by atoms with Crippen LogP contribution in [0.2, 0.25) is 5.02 Å². The van der Waals surface area contributed by atoms with Gasteiger partial charge in [0.1, 0.15) is 5.84 Å². The maximum Gasteiger partial charge on any atom is 0.105 e. The molecule has 0 aliphatic rings. The molecule has 1 rings (SSSR count). The second-order valence-electron chi connectivity index (χ2n) is 4.68. The van der Waals surface area contributed by atoms with Gasteiger partial charge in [-0.1, -0.05) is 38.4 Å². The molecule has 0 saturated heterocycles. The highest BCUT2D eigenvalue weighted by atomic mass is 35.5. The first-order valence-corrected chi connectivity index (χ1v) is 5.29. The van der Waals surface area contributed by atoms with Gasteiger partial charge >= 0.3 is 0 Å². The van der Waals surface area contributed by atoms with Gasteiger partial charge in [-0.25, -0.2) is 4.99 Å². The van der Waals surface area contributed by atoms with E-state index in [1.807, 2.05) is 45.9 Å². The van der Waals surface area contributed by atoms with Crippen LogP contribution in [0.1, 0.15) is 26.3 Å². The average molecular weight is 225 g/mol. The van der Waals surface area contributed by atoms with Crippen LogP contribution < -0.4 is 5.73 Å². The highest BCUT2D eigenvalue weighted by molar-refractivity contribution is 6.31. The summed E-state index contributed by atoms with van der Waals surface area (Å²) in [7, 11) is 0. The number of halogens is 1. The summed E-state index contributed by atoms with van der Waals surface area (Å²) in [5.74, 6) is 0.613. The molecule has 0 unspecified atom stereocenters. The van der Waals surface area contributed by atoms with E-state index >= 15 is 0 Å². The van der Waals surface area contributed by atoms with Crippen LogP contribution in [0.25, 0.3) is 0 Å². The normalized spacial score (nSPS) is 13.0. The van der Waals surface area contributed by atoms with Gasteiger partial charge in [-0.05, 0) is 24.6 Å². The van der Waals surface area contributed by atoms with Crippen molar-refractivity contribution >= 4 is 23.1 Å². The lowest BCUT2D eigenvalue weighted by molar-refractivity contribution is 0.585. The van der Waals surface area contributed by atoms with Crippen molar-refractivity contribution in [2.45, 2.75) is 27.7 Å². The van der Waals surface area contributed by atoms with Crippen LogP contribution in [-0.2, 0) is 0 Å². The Bertz CT molecular complexity index is 389. The van der Waals surface area contributed by atoms with E-state index in [4.69, 9.17) is 17.3 Å². The summed E-state index contributed by atoms with van der Waals surface area (Å²) < 4.78 is 0. The molecular formula is C12H17ClN2. The quantitative estimate of drug-likeness (QED) is 0.574. The van der Waals surface area contributed by atoms with Crippen LogP contribution in [-0.4, -0.2) is 5.84 Å². The van der Waals surface area contributed by atoms with E-state index in [9.17, 15) is 0 Å². The Morgan fingerprint density at radius 2 is 1.93 bits per heavy atom. The van der Waals surface area contributed by atoms with Gasteiger partial charge in [0.2, 0.25) is 0 Å². The number of nitrogens with two attached hydrogens (primary N) is 1. The molecule has 1 aromatic carbocycles. The lowest BCUT2D eigenvalue weighted by Gasteiger charge is -2.17. The molecule has 3 heteroatoms. The average Bonchev–Trinajstić information content (AvgIpc) is 2.10. The Hall–Kier alpha value is -1.02. The lowest BCUT2D eigenvalue weighted by atomic mass is 9.95. The van der Waals surface area contributed by atoms with Crippen molar-refractivity contribution in [2.75, 3.05) is 0 Å². The number of hydrogen-bond donors (Lipinski definition) is 1. The zero-order valence-electron chi connectivity index (χ0n) is 9.63. The first-order valence-electron chi connectivity index (χ1n) is 4.91. The van der Waals surface area contributed by atoms with E-state index < -0.39 is 0 Å². The van der Waals surface area contributed by atoms with Crippen molar-refractivity contribution in [3.8, 4) is 0 Å². The maximum absolute atomic E-state index is 6.00. The predicted molar refractivity (Wildman–Crippen MR) is 66.9 cm³/mol. The van der Waals surface area contributed by atoms with Crippen LogP contribution in [0.4, 0.5) is 5.69 Å². The Morgan fingerprint density at radius 3 is 2.40 bits per heavy atom. The van der Waals surface area contributed by atoms with Crippen molar-refractivity contribution in [1.82, 2.24) is 0 Å². The Morgan fingerprint density at radius 1 is 1.33 bits per heavy atom. The molecule has 0 amide bonds. The molecule has 0 aromatic heterocycles. The molecule has 1 aromatic rings. The molecule has 0 heterocycles. The molecule has 0 atom stereocenters. The van der Waals surface area contributed by atoms with Crippen LogP contribution in [0.5, 0.6) is 0 Å². The topological polar surface area (TPSA) is 38.4 Å². The van der Waals surface area contributed by atoms with Crippen LogP contribution >= 0.6 is 11.6 Å². The highest BCUT2D eigenvalue weighted by Crippen LogP contribution is 2.24. The van der Waals surface area contributed by atoms with Gasteiger partial charge in [0.15, 0.2) is 0 Å². The van der Waals surface area contributed by atoms with Crippen LogP contribution in [0.3, 0.4) is 0 Å². The molecule has 0 saturated carbocycles. The van der Waals surface area contributed by atoms with Crippen molar-refractivity contribution in [2.24, 2.45) is 16.1 Å². The molecule has 0 aliphatic heterocycles. The molecule has 0 bridgehead atoms. The number of amidine groups is 1. The van der Waals surface area contributed by atoms with Gasteiger partial charge in [-0.15, -0.1) is 0 Å². The summed E-state index contributed by atoms with van der Waals surface area (Å²) >= 11 is 6.00. The lowest BCUT2D eigenvalue weighted by Crippen LogP contribution is -2.28. The molecule has 15 heavy (non-hydrogen) atoms. The summed E-state index contributed by atoms with van der Waals surface area (Å²) in [4.78, 5) is 4.34. The van der Waals surface area contributed by atoms with Crippen molar-refractivity contribution in [3.05, 3.63) is 28.8 Å². The molecule has 0 aliphatic carbocycles.